The van der Waals surface area contributed by atoms with E-state index in [1.807, 2.05) is 49.4 Å². The smallest absolute Gasteiger partial charge is 0.298 e. The molecule has 4 aromatic rings. The summed E-state index contributed by atoms with van der Waals surface area (Å²) in [5.74, 6) is 0.355. The number of nitrogens with zero attached hydrogens (tertiary/aromatic N) is 4. The van der Waals surface area contributed by atoms with Gasteiger partial charge in [-0.05, 0) is 30.2 Å². The fourth-order valence-corrected chi connectivity index (χ4v) is 3.26. The van der Waals surface area contributed by atoms with E-state index in [1.54, 1.807) is 23.7 Å². The van der Waals surface area contributed by atoms with E-state index in [-0.39, 0.29) is 5.65 Å². The van der Waals surface area contributed by atoms with Crippen LogP contribution in [0, 0.1) is 0 Å². The second-order valence-electron chi connectivity index (χ2n) is 6.81. The lowest BCUT2D eigenvalue weighted by atomic mass is 10.1. The third kappa shape index (κ3) is 3.77. The monoisotopic (exact) mass is 422 g/mol. The predicted molar refractivity (Wildman–Crippen MR) is 118 cm³/mol. The van der Waals surface area contributed by atoms with Crippen molar-refractivity contribution in [1.29, 1.82) is 0 Å². The Morgan fingerprint density at radius 3 is 2.53 bits per heavy atom. The van der Waals surface area contributed by atoms with E-state index in [2.05, 4.69) is 20.5 Å². The molecule has 2 aromatic heterocycles. The zero-order chi connectivity index (χ0) is 21.3. The lowest BCUT2D eigenvalue weighted by Crippen LogP contribution is -2.29. The number of halogens is 1. The number of fused-ring (bicyclic) bond motifs is 1. The number of imidazole rings is 1. The van der Waals surface area contributed by atoms with E-state index in [9.17, 15) is 9.59 Å². The first-order chi connectivity index (χ1) is 14.4. The molecule has 0 spiro atoms. The number of rotatable bonds is 5. The fraction of sp³-hybridized carbons (Fsp3) is 0.143. The van der Waals surface area contributed by atoms with Crippen LogP contribution < -0.4 is 16.7 Å². The van der Waals surface area contributed by atoms with Crippen LogP contribution in [-0.2, 0) is 13.6 Å². The summed E-state index contributed by atoms with van der Waals surface area (Å²) in [5.41, 5.74) is 5.09. The Hall–Kier alpha value is -3.65. The van der Waals surface area contributed by atoms with Gasteiger partial charge in [0.2, 0.25) is 5.95 Å². The minimum absolute atomic E-state index is 0.279. The SMILES string of the molecule is CC(=NNc1nc2c(c(=O)[nH]c(=O)n2C)n1Cc1ccccc1)c1ccc(Cl)cc1. The average Bonchev–Trinajstić information content (AvgIpc) is 3.10. The molecule has 2 N–H and O–H groups in total. The van der Waals surface area contributed by atoms with Crippen LogP contribution in [0.15, 0.2) is 69.3 Å². The third-order valence-electron chi connectivity index (χ3n) is 4.78. The summed E-state index contributed by atoms with van der Waals surface area (Å²) in [5, 5.41) is 5.06. The number of hydrogen-bond acceptors (Lipinski definition) is 5. The Morgan fingerprint density at radius 1 is 1.13 bits per heavy atom. The maximum Gasteiger partial charge on any atom is 0.329 e. The zero-order valence-electron chi connectivity index (χ0n) is 16.4. The van der Waals surface area contributed by atoms with Crippen LogP contribution >= 0.6 is 11.6 Å². The first-order valence-electron chi connectivity index (χ1n) is 9.24. The highest BCUT2D eigenvalue weighted by Crippen LogP contribution is 2.18. The van der Waals surface area contributed by atoms with E-state index in [0.717, 1.165) is 11.1 Å². The van der Waals surface area contributed by atoms with E-state index >= 15 is 0 Å². The molecule has 2 aromatic carbocycles. The van der Waals surface area contributed by atoms with Gasteiger partial charge in [0.15, 0.2) is 11.2 Å². The van der Waals surface area contributed by atoms with E-state index < -0.39 is 11.2 Å². The highest BCUT2D eigenvalue weighted by atomic mass is 35.5. The van der Waals surface area contributed by atoms with Crippen LogP contribution in [0.1, 0.15) is 18.1 Å². The van der Waals surface area contributed by atoms with Gasteiger partial charge < -0.3 is 0 Å². The van der Waals surface area contributed by atoms with Crippen molar-refractivity contribution in [2.75, 3.05) is 5.43 Å². The first kappa shape index (κ1) is 19.7. The van der Waals surface area contributed by atoms with Crippen molar-refractivity contribution in [2.45, 2.75) is 13.5 Å². The number of hydrogen-bond donors (Lipinski definition) is 2. The van der Waals surface area contributed by atoms with Gasteiger partial charge in [-0.3, -0.25) is 18.9 Å². The van der Waals surface area contributed by atoms with Gasteiger partial charge >= 0.3 is 5.69 Å². The lowest BCUT2D eigenvalue weighted by Gasteiger charge is -2.09. The number of aromatic nitrogens is 4. The molecule has 0 atom stereocenters. The molecule has 4 rings (SSSR count). The van der Waals surface area contributed by atoms with Gasteiger partial charge in [-0.2, -0.15) is 10.1 Å². The largest absolute Gasteiger partial charge is 0.329 e. The molecule has 0 aliphatic rings. The second-order valence-corrected chi connectivity index (χ2v) is 7.25. The summed E-state index contributed by atoms with van der Waals surface area (Å²) in [6.07, 6.45) is 0. The highest BCUT2D eigenvalue weighted by Gasteiger charge is 2.17. The minimum atomic E-state index is -0.524. The van der Waals surface area contributed by atoms with Crippen molar-refractivity contribution in [3.8, 4) is 0 Å². The predicted octanol–water partition coefficient (Wildman–Crippen LogP) is 2.96. The number of aryl methyl sites for hydroxylation is 1. The number of aromatic amines is 1. The van der Waals surface area contributed by atoms with Gasteiger partial charge in [-0.25, -0.2) is 10.2 Å². The van der Waals surface area contributed by atoms with Gasteiger partial charge in [0, 0.05) is 12.1 Å². The second kappa shape index (κ2) is 8.00. The van der Waals surface area contributed by atoms with Crippen LogP contribution in [-0.4, -0.2) is 24.8 Å². The Morgan fingerprint density at radius 2 is 1.83 bits per heavy atom. The molecule has 0 amide bonds. The lowest BCUT2D eigenvalue weighted by molar-refractivity contribution is 0.808. The molecule has 0 bridgehead atoms. The van der Waals surface area contributed by atoms with Crippen molar-refractivity contribution in [3.05, 3.63) is 91.6 Å². The molecule has 0 saturated heterocycles. The zero-order valence-corrected chi connectivity index (χ0v) is 17.1. The van der Waals surface area contributed by atoms with Crippen molar-refractivity contribution in [1.82, 2.24) is 19.1 Å². The summed E-state index contributed by atoms with van der Waals surface area (Å²) in [6.45, 7) is 2.24. The average molecular weight is 423 g/mol. The van der Waals surface area contributed by atoms with Gasteiger partial charge in [0.25, 0.3) is 5.56 Å². The summed E-state index contributed by atoms with van der Waals surface area (Å²) in [4.78, 5) is 31.4. The first-order valence-corrected chi connectivity index (χ1v) is 9.61. The molecule has 8 nitrogen and oxygen atoms in total. The standard InChI is InChI=1S/C21H19ClN6O2/c1-13(15-8-10-16(22)11-9-15)25-26-20-23-18-17(19(29)24-21(30)27(18)2)28(20)12-14-6-4-3-5-7-14/h3-11H,12H2,1-2H3,(H,23,26)(H,24,29,30). The van der Waals surface area contributed by atoms with Gasteiger partial charge in [-0.1, -0.05) is 54.1 Å². The van der Waals surface area contributed by atoms with Crippen molar-refractivity contribution in [3.63, 3.8) is 0 Å². The molecular weight excluding hydrogens is 404 g/mol. The Labute approximate surface area is 176 Å². The molecule has 0 fully saturated rings. The van der Waals surface area contributed by atoms with E-state index in [1.165, 1.54) is 4.57 Å². The molecule has 2 heterocycles. The van der Waals surface area contributed by atoms with Crippen LogP contribution in [0.2, 0.25) is 5.02 Å². The molecule has 0 saturated carbocycles. The van der Waals surface area contributed by atoms with Crippen LogP contribution in [0.5, 0.6) is 0 Å². The molecule has 152 valence electrons. The molecule has 0 unspecified atom stereocenters. The number of benzene rings is 2. The van der Waals surface area contributed by atoms with Crippen molar-refractivity contribution in [2.24, 2.45) is 12.1 Å². The van der Waals surface area contributed by atoms with Crippen LogP contribution in [0.25, 0.3) is 11.2 Å². The van der Waals surface area contributed by atoms with Gasteiger partial charge in [0.1, 0.15) is 0 Å². The van der Waals surface area contributed by atoms with Gasteiger partial charge in [-0.15, -0.1) is 0 Å². The third-order valence-corrected chi connectivity index (χ3v) is 5.03. The summed E-state index contributed by atoms with van der Waals surface area (Å²) in [6, 6.07) is 17.0. The summed E-state index contributed by atoms with van der Waals surface area (Å²) >= 11 is 5.95. The normalized spacial score (nSPS) is 11.8. The highest BCUT2D eigenvalue weighted by molar-refractivity contribution is 6.30. The quantitative estimate of drug-likeness (QED) is 0.381. The summed E-state index contributed by atoms with van der Waals surface area (Å²) in [7, 11) is 1.56. The maximum atomic E-state index is 12.6. The molecule has 0 aliphatic carbocycles. The van der Waals surface area contributed by atoms with Crippen LogP contribution in [0.3, 0.4) is 0 Å². The number of anilines is 1. The fourth-order valence-electron chi connectivity index (χ4n) is 3.13. The molecular formula is C21H19ClN6O2. The minimum Gasteiger partial charge on any atom is -0.298 e. The number of hydrazone groups is 1. The van der Waals surface area contributed by atoms with Crippen molar-refractivity contribution >= 4 is 34.4 Å². The van der Waals surface area contributed by atoms with Gasteiger partial charge in [0.05, 0.1) is 12.3 Å². The van der Waals surface area contributed by atoms with E-state index in [4.69, 9.17) is 11.6 Å². The Balaban J connectivity index is 1.81. The Bertz CT molecular complexity index is 1350. The topological polar surface area (TPSA) is 97.1 Å². The number of nitrogens with one attached hydrogen (secondary N) is 2. The maximum absolute atomic E-state index is 12.6. The molecule has 9 heteroatoms. The summed E-state index contributed by atoms with van der Waals surface area (Å²) < 4.78 is 3.01. The van der Waals surface area contributed by atoms with Crippen molar-refractivity contribution < 1.29 is 0 Å². The Kier molecular flexibility index (Phi) is 5.24. The number of H-pyrrole nitrogens is 1. The molecule has 0 radical (unpaired) electrons. The van der Waals surface area contributed by atoms with E-state index in [0.29, 0.717) is 28.7 Å². The molecule has 30 heavy (non-hydrogen) atoms. The molecule has 0 aliphatic heterocycles. The van der Waals surface area contributed by atoms with Crippen LogP contribution in [0.4, 0.5) is 5.95 Å².